The summed E-state index contributed by atoms with van der Waals surface area (Å²) in [6.07, 6.45) is -1.17. The average Bonchev–Trinajstić information content (AvgIpc) is 2.34. The van der Waals surface area contributed by atoms with E-state index in [-0.39, 0.29) is 19.1 Å². The third-order valence-corrected chi connectivity index (χ3v) is 1.73. The van der Waals surface area contributed by atoms with Crippen LogP contribution >= 0.6 is 0 Å². The summed E-state index contributed by atoms with van der Waals surface area (Å²) in [5.74, 6) is -0.334. The van der Waals surface area contributed by atoms with Crippen LogP contribution in [0.5, 0.6) is 0 Å². The molecule has 0 spiro atoms. The van der Waals surface area contributed by atoms with Gasteiger partial charge in [-0.1, -0.05) is 0 Å². The van der Waals surface area contributed by atoms with Gasteiger partial charge in [-0.3, -0.25) is 9.69 Å². The predicted molar refractivity (Wildman–Crippen MR) is 45.3 cm³/mol. The van der Waals surface area contributed by atoms with Gasteiger partial charge in [0.1, 0.15) is 6.10 Å². The number of carbonyl (C=O) groups is 1. The first-order chi connectivity index (χ1) is 6.09. The molecule has 1 fully saturated rings. The number of nitrogens with zero attached hydrogens (tertiary/aromatic N) is 1. The Hall–Kier alpha value is -0.650. The lowest BCUT2D eigenvalue weighted by Gasteiger charge is -2.15. The van der Waals surface area contributed by atoms with Crippen LogP contribution in [-0.2, 0) is 14.3 Å². The molecule has 1 aliphatic rings. The van der Waals surface area contributed by atoms with Gasteiger partial charge in [-0.05, 0) is 14.1 Å². The fourth-order valence-electron chi connectivity index (χ4n) is 1.10. The fourth-order valence-corrected chi connectivity index (χ4v) is 1.10. The molecule has 1 unspecified atom stereocenters. The van der Waals surface area contributed by atoms with E-state index in [2.05, 4.69) is 0 Å². The van der Waals surface area contributed by atoms with Gasteiger partial charge in [0.25, 0.3) is 0 Å². The van der Waals surface area contributed by atoms with Crippen LogP contribution in [0.25, 0.3) is 0 Å². The highest BCUT2D eigenvalue weighted by Crippen LogP contribution is 2.09. The first kappa shape index (κ1) is 10.4. The molecule has 76 valence electrons. The first-order valence-electron chi connectivity index (χ1n) is 4.19. The van der Waals surface area contributed by atoms with E-state index >= 15 is 0 Å². The number of esters is 1. The Bertz CT molecular complexity index is 183. The lowest BCUT2D eigenvalue weighted by Crippen LogP contribution is -2.33. The van der Waals surface area contributed by atoms with Crippen molar-refractivity contribution >= 4 is 5.97 Å². The van der Waals surface area contributed by atoms with Crippen molar-refractivity contribution in [1.29, 1.82) is 0 Å². The molecule has 0 bridgehead atoms. The number of likely N-dealkylation sites (N-methyl/N-ethyl adjacent to an activating group) is 1. The zero-order valence-electron chi connectivity index (χ0n) is 7.90. The van der Waals surface area contributed by atoms with Crippen LogP contribution in [0.2, 0.25) is 0 Å². The summed E-state index contributed by atoms with van der Waals surface area (Å²) in [5.41, 5.74) is 0. The normalized spacial score (nSPS) is 28.0. The quantitative estimate of drug-likeness (QED) is 0.568. The number of carbonyl (C=O) groups excluding carboxylic acids is 1. The van der Waals surface area contributed by atoms with Crippen LogP contribution in [0.3, 0.4) is 0 Å². The zero-order chi connectivity index (χ0) is 9.84. The summed E-state index contributed by atoms with van der Waals surface area (Å²) in [7, 11) is 3.56. The maximum absolute atomic E-state index is 11.1. The summed E-state index contributed by atoms with van der Waals surface area (Å²) in [5, 5.41) is 9.26. The van der Waals surface area contributed by atoms with Crippen molar-refractivity contribution < 1.29 is 19.4 Å². The van der Waals surface area contributed by atoms with E-state index in [0.717, 1.165) is 0 Å². The van der Waals surface area contributed by atoms with E-state index in [9.17, 15) is 9.90 Å². The first-order valence-corrected chi connectivity index (χ1v) is 4.19. The molecule has 0 radical (unpaired) electrons. The smallest absolute Gasteiger partial charge is 0.320 e. The van der Waals surface area contributed by atoms with Crippen LogP contribution in [0.4, 0.5) is 0 Å². The third kappa shape index (κ3) is 3.30. The molecule has 0 aromatic rings. The number of aliphatic hydroxyl groups excluding tert-OH is 1. The Labute approximate surface area is 77.2 Å². The molecule has 0 aromatic carbocycles. The van der Waals surface area contributed by atoms with E-state index in [1.807, 2.05) is 0 Å². The van der Waals surface area contributed by atoms with Gasteiger partial charge in [-0.15, -0.1) is 0 Å². The van der Waals surface area contributed by atoms with Crippen molar-refractivity contribution in [2.24, 2.45) is 0 Å². The SMILES string of the molecule is CN(C)CC(=O)O[C@H]1COCC1O. The largest absolute Gasteiger partial charge is 0.456 e. The van der Waals surface area contributed by atoms with Gasteiger partial charge in [-0.2, -0.15) is 0 Å². The van der Waals surface area contributed by atoms with E-state index in [0.29, 0.717) is 6.61 Å². The molecule has 1 saturated heterocycles. The summed E-state index contributed by atoms with van der Waals surface area (Å²) in [6, 6.07) is 0. The summed E-state index contributed by atoms with van der Waals surface area (Å²) in [4.78, 5) is 12.8. The van der Waals surface area contributed by atoms with Crippen molar-refractivity contribution in [3.63, 3.8) is 0 Å². The lowest BCUT2D eigenvalue weighted by atomic mass is 10.3. The molecule has 0 saturated carbocycles. The van der Waals surface area contributed by atoms with E-state index in [4.69, 9.17) is 9.47 Å². The minimum Gasteiger partial charge on any atom is -0.456 e. The van der Waals surface area contributed by atoms with Crippen molar-refractivity contribution in [2.75, 3.05) is 33.9 Å². The highest BCUT2D eigenvalue weighted by molar-refractivity contribution is 5.71. The summed E-state index contributed by atoms with van der Waals surface area (Å²) in [6.45, 7) is 0.767. The number of hydrogen-bond donors (Lipinski definition) is 1. The van der Waals surface area contributed by atoms with Crippen molar-refractivity contribution in [3.8, 4) is 0 Å². The van der Waals surface area contributed by atoms with Gasteiger partial charge in [0, 0.05) is 0 Å². The van der Waals surface area contributed by atoms with E-state index < -0.39 is 12.2 Å². The highest BCUT2D eigenvalue weighted by Gasteiger charge is 2.29. The van der Waals surface area contributed by atoms with E-state index in [1.54, 1.807) is 19.0 Å². The minimum absolute atomic E-state index is 0.225. The molecule has 1 rings (SSSR count). The van der Waals surface area contributed by atoms with Crippen LogP contribution in [0, 0.1) is 0 Å². The molecule has 2 atom stereocenters. The number of ether oxygens (including phenoxy) is 2. The number of aliphatic hydroxyl groups is 1. The summed E-state index contributed by atoms with van der Waals surface area (Å²) < 4.78 is 9.91. The number of hydrogen-bond acceptors (Lipinski definition) is 5. The average molecular weight is 189 g/mol. The van der Waals surface area contributed by atoms with Gasteiger partial charge in [0.15, 0.2) is 6.10 Å². The molecule has 13 heavy (non-hydrogen) atoms. The highest BCUT2D eigenvalue weighted by atomic mass is 16.6. The topological polar surface area (TPSA) is 59.0 Å². The van der Waals surface area contributed by atoms with Gasteiger partial charge in [0.05, 0.1) is 19.8 Å². The predicted octanol–water partition coefficient (Wildman–Crippen LogP) is -1.15. The molecule has 0 amide bonds. The Morgan fingerprint density at radius 3 is 2.77 bits per heavy atom. The maximum Gasteiger partial charge on any atom is 0.320 e. The fraction of sp³-hybridized carbons (Fsp3) is 0.875. The second kappa shape index (κ2) is 4.55. The number of rotatable bonds is 3. The molecule has 1 aliphatic heterocycles. The van der Waals surface area contributed by atoms with Gasteiger partial charge in [0.2, 0.25) is 0 Å². The molecule has 5 heteroatoms. The maximum atomic E-state index is 11.1. The van der Waals surface area contributed by atoms with E-state index in [1.165, 1.54) is 0 Å². The molecular weight excluding hydrogens is 174 g/mol. The van der Waals surface area contributed by atoms with Crippen molar-refractivity contribution in [1.82, 2.24) is 4.90 Å². The Morgan fingerprint density at radius 1 is 1.62 bits per heavy atom. The second-order valence-corrected chi connectivity index (χ2v) is 3.37. The van der Waals surface area contributed by atoms with Crippen LogP contribution < -0.4 is 0 Å². The Morgan fingerprint density at radius 2 is 2.31 bits per heavy atom. The second-order valence-electron chi connectivity index (χ2n) is 3.37. The third-order valence-electron chi connectivity index (χ3n) is 1.73. The van der Waals surface area contributed by atoms with Gasteiger partial charge in [-0.25, -0.2) is 0 Å². The monoisotopic (exact) mass is 189 g/mol. The minimum atomic E-state index is -0.675. The standard InChI is InChI=1S/C8H15NO4/c1-9(2)3-8(11)13-7-5-12-4-6(7)10/h6-7,10H,3-5H2,1-2H3/t6?,7-/m0/s1. The Balaban J connectivity index is 2.27. The van der Waals surface area contributed by atoms with Crippen molar-refractivity contribution in [3.05, 3.63) is 0 Å². The van der Waals surface area contributed by atoms with Gasteiger partial charge >= 0.3 is 5.97 Å². The summed E-state index contributed by atoms with van der Waals surface area (Å²) >= 11 is 0. The molecule has 1 N–H and O–H groups in total. The molecular formula is C8H15NO4. The van der Waals surface area contributed by atoms with Crippen LogP contribution in [0.1, 0.15) is 0 Å². The molecule has 5 nitrogen and oxygen atoms in total. The van der Waals surface area contributed by atoms with Crippen molar-refractivity contribution in [2.45, 2.75) is 12.2 Å². The van der Waals surface area contributed by atoms with Crippen LogP contribution in [0.15, 0.2) is 0 Å². The molecule has 0 aliphatic carbocycles. The van der Waals surface area contributed by atoms with Gasteiger partial charge < -0.3 is 14.6 Å². The lowest BCUT2D eigenvalue weighted by molar-refractivity contribution is -0.153. The van der Waals surface area contributed by atoms with Crippen LogP contribution in [-0.4, -0.2) is 62.0 Å². The zero-order valence-corrected chi connectivity index (χ0v) is 7.90. The molecule has 0 aromatic heterocycles. The molecule has 1 heterocycles. The Kier molecular flexibility index (Phi) is 3.65.